The van der Waals surface area contributed by atoms with Crippen molar-refractivity contribution in [1.29, 1.82) is 0 Å². The number of aromatic nitrogens is 4. The van der Waals surface area contributed by atoms with Gasteiger partial charge in [0.15, 0.2) is 0 Å². The van der Waals surface area contributed by atoms with E-state index in [4.69, 9.17) is 5.14 Å². The highest BCUT2D eigenvalue weighted by Crippen LogP contribution is 2.15. The molecule has 3 aromatic rings. The van der Waals surface area contributed by atoms with Gasteiger partial charge in [0.05, 0.1) is 15.9 Å². The molecule has 0 saturated carbocycles. The first kappa shape index (κ1) is 11.6. The fourth-order valence-electron chi connectivity index (χ4n) is 1.83. The number of H-pyrrole nitrogens is 2. The first-order valence-corrected chi connectivity index (χ1v) is 6.58. The molecule has 10 heteroatoms. The molecule has 0 radical (unpaired) electrons. The Morgan fingerprint density at radius 3 is 2.68 bits per heavy atom. The van der Waals surface area contributed by atoms with Crippen molar-refractivity contribution in [1.82, 2.24) is 19.6 Å². The number of benzene rings is 1. The van der Waals surface area contributed by atoms with Crippen molar-refractivity contribution < 1.29 is 8.42 Å². The van der Waals surface area contributed by atoms with Gasteiger partial charge in [0, 0.05) is 0 Å². The molecule has 0 bridgehead atoms. The zero-order valence-electron chi connectivity index (χ0n) is 9.25. The number of hydrogen-bond donors (Lipinski definition) is 3. The Hall–Kier alpha value is -2.46. The maximum absolute atomic E-state index is 11.6. The number of nitrogens with zero attached hydrogens (tertiary/aromatic N) is 2. The molecule has 19 heavy (non-hydrogen) atoms. The van der Waals surface area contributed by atoms with Crippen LogP contribution >= 0.6 is 0 Å². The normalized spacial score (nSPS) is 12.3. The number of aromatic amines is 2. The average molecular weight is 281 g/mol. The first-order valence-electron chi connectivity index (χ1n) is 5.04. The van der Waals surface area contributed by atoms with Crippen molar-refractivity contribution in [2.45, 2.75) is 4.90 Å². The third-order valence-corrected chi connectivity index (χ3v) is 3.57. The first-order chi connectivity index (χ1) is 8.88. The smallest absolute Gasteiger partial charge is 0.317 e. The number of fused-ring (bicyclic) bond motifs is 3. The van der Waals surface area contributed by atoms with Gasteiger partial charge in [-0.1, -0.05) is 0 Å². The van der Waals surface area contributed by atoms with Crippen LogP contribution in [0, 0.1) is 0 Å². The van der Waals surface area contributed by atoms with Crippen molar-refractivity contribution in [2.75, 3.05) is 0 Å². The van der Waals surface area contributed by atoms with Crippen LogP contribution in [0.5, 0.6) is 0 Å². The van der Waals surface area contributed by atoms with Gasteiger partial charge in [-0.15, -0.1) is 5.10 Å². The summed E-state index contributed by atoms with van der Waals surface area (Å²) in [4.78, 5) is 25.6. The second-order valence-electron chi connectivity index (χ2n) is 3.87. The zero-order valence-corrected chi connectivity index (χ0v) is 10.1. The molecule has 4 N–H and O–H groups in total. The summed E-state index contributed by atoms with van der Waals surface area (Å²) in [5.41, 5.74) is -0.857. The fourth-order valence-corrected chi connectivity index (χ4v) is 2.36. The van der Waals surface area contributed by atoms with Gasteiger partial charge in [-0.05, 0) is 18.2 Å². The molecule has 0 amide bonds. The molecule has 2 heterocycles. The van der Waals surface area contributed by atoms with Crippen molar-refractivity contribution in [3.63, 3.8) is 0 Å². The molecule has 1 aromatic carbocycles. The largest absolute Gasteiger partial charge is 0.348 e. The Morgan fingerprint density at radius 1 is 1.26 bits per heavy atom. The van der Waals surface area contributed by atoms with E-state index in [-0.39, 0.29) is 16.1 Å². The molecule has 0 aliphatic heterocycles. The van der Waals surface area contributed by atoms with Crippen LogP contribution in [0.4, 0.5) is 0 Å². The fraction of sp³-hybridized carbons (Fsp3) is 0. The average Bonchev–Trinajstić information content (AvgIpc) is 2.71. The lowest BCUT2D eigenvalue weighted by atomic mass is 10.3. The van der Waals surface area contributed by atoms with Crippen LogP contribution in [-0.4, -0.2) is 28.0 Å². The minimum absolute atomic E-state index is 0.149. The second kappa shape index (κ2) is 3.52. The Kier molecular flexibility index (Phi) is 2.15. The van der Waals surface area contributed by atoms with Crippen LogP contribution in [0.3, 0.4) is 0 Å². The standard InChI is InChI=1S/C9H7N5O4S/c10-19(17,18)4-1-2-5-6(3-4)14-7(8(15)11-5)12-13-9(14)16/h1-3H,(H,11,15)(H,13,16)(H2,10,17,18). The Bertz CT molecular complexity index is 1030. The third-order valence-electron chi connectivity index (χ3n) is 2.66. The quantitative estimate of drug-likeness (QED) is 0.498. The van der Waals surface area contributed by atoms with Crippen molar-refractivity contribution in [2.24, 2.45) is 5.14 Å². The van der Waals surface area contributed by atoms with E-state index < -0.39 is 21.3 Å². The van der Waals surface area contributed by atoms with Gasteiger partial charge in [0.25, 0.3) is 5.56 Å². The molecule has 0 fully saturated rings. The molecule has 98 valence electrons. The molecule has 0 spiro atoms. The van der Waals surface area contributed by atoms with E-state index in [9.17, 15) is 18.0 Å². The number of primary sulfonamides is 1. The highest BCUT2D eigenvalue weighted by molar-refractivity contribution is 7.89. The van der Waals surface area contributed by atoms with E-state index >= 15 is 0 Å². The maximum Gasteiger partial charge on any atom is 0.348 e. The number of nitrogens with one attached hydrogen (secondary N) is 2. The Balaban J connectivity index is 2.62. The van der Waals surface area contributed by atoms with E-state index in [0.717, 1.165) is 4.40 Å². The molecule has 0 aliphatic carbocycles. The van der Waals surface area contributed by atoms with Gasteiger partial charge in [-0.2, -0.15) is 0 Å². The number of hydrogen-bond acceptors (Lipinski definition) is 5. The van der Waals surface area contributed by atoms with Gasteiger partial charge >= 0.3 is 5.69 Å². The van der Waals surface area contributed by atoms with E-state index in [1.165, 1.54) is 18.2 Å². The van der Waals surface area contributed by atoms with E-state index in [2.05, 4.69) is 15.2 Å². The summed E-state index contributed by atoms with van der Waals surface area (Å²) in [5.74, 6) is 0. The molecule has 2 aromatic heterocycles. The van der Waals surface area contributed by atoms with Crippen LogP contribution in [0.2, 0.25) is 0 Å². The summed E-state index contributed by atoms with van der Waals surface area (Å²) in [6, 6.07) is 3.80. The van der Waals surface area contributed by atoms with Crippen molar-refractivity contribution >= 4 is 26.7 Å². The molecule has 0 aliphatic rings. The van der Waals surface area contributed by atoms with Gasteiger partial charge in [-0.3, -0.25) is 4.79 Å². The monoisotopic (exact) mass is 281 g/mol. The second-order valence-corrected chi connectivity index (χ2v) is 5.43. The highest BCUT2D eigenvalue weighted by atomic mass is 32.2. The minimum atomic E-state index is -3.91. The topological polar surface area (TPSA) is 143 Å². The summed E-state index contributed by atoms with van der Waals surface area (Å²) < 4.78 is 23.6. The molecule has 0 unspecified atom stereocenters. The zero-order chi connectivity index (χ0) is 13.8. The van der Waals surface area contributed by atoms with Crippen molar-refractivity contribution in [3.8, 4) is 0 Å². The SMILES string of the molecule is NS(=O)(=O)c1ccc2[nH]c(=O)c3n[nH]c(=O)n3c2c1. The van der Waals surface area contributed by atoms with Crippen LogP contribution < -0.4 is 16.4 Å². The Morgan fingerprint density at radius 2 is 2.00 bits per heavy atom. The van der Waals surface area contributed by atoms with Gasteiger partial charge < -0.3 is 4.98 Å². The van der Waals surface area contributed by atoms with Crippen LogP contribution in [0.25, 0.3) is 16.7 Å². The summed E-state index contributed by atoms with van der Waals surface area (Å²) in [6.45, 7) is 0. The van der Waals surface area contributed by atoms with Gasteiger partial charge in [0.1, 0.15) is 0 Å². The minimum Gasteiger partial charge on any atom is -0.317 e. The van der Waals surface area contributed by atoms with E-state index in [1.807, 2.05) is 0 Å². The molecule has 3 rings (SSSR count). The van der Waals surface area contributed by atoms with Crippen LogP contribution in [0.1, 0.15) is 0 Å². The highest BCUT2D eigenvalue weighted by Gasteiger charge is 2.13. The summed E-state index contributed by atoms with van der Waals surface area (Å²) in [5, 5.41) is 10.7. The lowest BCUT2D eigenvalue weighted by molar-refractivity contribution is 0.598. The summed E-state index contributed by atoms with van der Waals surface area (Å²) in [6.07, 6.45) is 0. The third kappa shape index (κ3) is 1.65. The maximum atomic E-state index is 11.6. The van der Waals surface area contributed by atoms with Gasteiger partial charge in [0.2, 0.25) is 15.7 Å². The Labute approximate surface area is 104 Å². The van der Waals surface area contributed by atoms with E-state index in [1.54, 1.807) is 0 Å². The number of rotatable bonds is 1. The number of sulfonamides is 1. The molecular formula is C9H7N5O4S. The predicted molar refractivity (Wildman–Crippen MR) is 65.3 cm³/mol. The molecule has 0 saturated heterocycles. The molecule has 0 atom stereocenters. The lowest BCUT2D eigenvalue weighted by Crippen LogP contribution is -2.18. The lowest BCUT2D eigenvalue weighted by Gasteiger charge is -2.03. The van der Waals surface area contributed by atoms with E-state index in [0.29, 0.717) is 5.52 Å². The van der Waals surface area contributed by atoms with Crippen LogP contribution in [0.15, 0.2) is 32.7 Å². The molecular weight excluding hydrogens is 274 g/mol. The van der Waals surface area contributed by atoms with Gasteiger partial charge in [-0.25, -0.2) is 27.9 Å². The summed E-state index contributed by atoms with van der Waals surface area (Å²) >= 11 is 0. The van der Waals surface area contributed by atoms with Crippen LogP contribution in [-0.2, 0) is 10.0 Å². The summed E-state index contributed by atoms with van der Waals surface area (Å²) in [7, 11) is -3.91. The van der Waals surface area contributed by atoms with Crippen molar-refractivity contribution in [3.05, 3.63) is 39.0 Å². The molecule has 9 nitrogen and oxygen atoms in total. The number of nitrogens with two attached hydrogens (primary N) is 1. The predicted octanol–water partition coefficient (Wildman–Crippen LogP) is -1.49.